The van der Waals surface area contributed by atoms with E-state index in [9.17, 15) is 4.79 Å². The molecule has 1 aliphatic heterocycles. The molecule has 2 aromatic rings. The van der Waals surface area contributed by atoms with Crippen LogP contribution >= 0.6 is 23.2 Å². The van der Waals surface area contributed by atoms with Gasteiger partial charge < -0.3 is 10.2 Å². The second-order valence-electron chi connectivity index (χ2n) is 7.59. The van der Waals surface area contributed by atoms with Gasteiger partial charge in [0.2, 0.25) is 0 Å². The van der Waals surface area contributed by atoms with Gasteiger partial charge in [0.05, 0.1) is 17.8 Å². The molecule has 0 bridgehead atoms. The van der Waals surface area contributed by atoms with Crippen LogP contribution in [0.25, 0.3) is 0 Å². The van der Waals surface area contributed by atoms with E-state index in [1.54, 1.807) is 4.68 Å². The number of halogens is 2. The summed E-state index contributed by atoms with van der Waals surface area (Å²) in [4.78, 5) is 15.3. The zero-order valence-corrected chi connectivity index (χ0v) is 16.9. The molecule has 1 aromatic carbocycles. The first-order valence-corrected chi connectivity index (χ1v) is 10.3. The molecule has 2 heterocycles. The fourth-order valence-electron chi connectivity index (χ4n) is 3.83. The Bertz CT molecular complexity index is 847. The van der Waals surface area contributed by atoms with Crippen molar-refractivity contribution < 1.29 is 4.79 Å². The van der Waals surface area contributed by atoms with E-state index in [4.69, 9.17) is 23.2 Å². The first-order valence-electron chi connectivity index (χ1n) is 9.51. The van der Waals surface area contributed by atoms with Crippen molar-refractivity contribution in [1.82, 2.24) is 20.0 Å². The Morgan fingerprint density at radius 2 is 2.04 bits per heavy atom. The summed E-state index contributed by atoms with van der Waals surface area (Å²) in [5, 5.41) is 8.53. The standard InChI is InChI=1S/C20H24Cl2N4O/c1-13-18(19(22)26(24-13)12-15-4-2-3-5-17(15)21)20(27)23-10-14-8-9-25(11-14)16-6-7-16/h2-5,14,16H,6-12H2,1H3,(H,23,27). The average Bonchev–Trinajstić information content (AvgIpc) is 3.32. The number of rotatable bonds is 6. The van der Waals surface area contributed by atoms with E-state index >= 15 is 0 Å². The zero-order chi connectivity index (χ0) is 19.0. The molecular weight excluding hydrogens is 383 g/mol. The largest absolute Gasteiger partial charge is 0.352 e. The zero-order valence-electron chi connectivity index (χ0n) is 15.4. The summed E-state index contributed by atoms with van der Waals surface area (Å²) in [7, 11) is 0. The van der Waals surface area contributed by atoms with Crippen molar-refractivity contribution >= 4 is 29.1 Å². The molecule has 0 spiro atoms. The number of aryl methyl sites for hydroxylation is 1. The maximum absolute atomic E-state index is 12.7. The number of hydrogen-bond acceptors (Lipinski definition) is 3. The van der Waals surface area contributed by atoms with Crippen molar-refractivity contribution in [2.75, 3.05) is 19.6 Å². The summed E-state index contributed by atoms with van der Waals surface area (Å²) < 4.78 is 1.64. The lowest BCUT2D eigenvalue weighted by Crippen LogP contribution is -2.31. The van der Waals surface area contributed by atoms with Gasteiger partial charge in [-0.25, -0.2) is 4.68 Å². The van der Waals surface area contributed by atoms with Gasteiger partial charge in [0, 0.05) is 24.2 Å². The molecule has 1 saturated heterocycles. The molecule has 1 unspecified atom stereocenters. The van der Waals surface area contributed by atoms with Gasteiger partial charge in [0.25, 0.3) is 5.91 Å². The van der Waals surface area contributed by atoms with Crippen molar-refractivity contribution in [3.63, 3.8) is 0 Å². The van der Waals surface area contributed by atoms with Gasteiger partial charge in [0.1, 0.15) is 5.15 Å². The lowest BCUT2D eigenvalue weighted by Gasteiger charge is -2.15. The predicted molar refractivity (Wildman–Crippen MR) is 108 cm³/mol. The Morgan fingerprint density at radius 1 is 1.26 bits per heavy atom. The molecule has 1 saturated carbocycles. The molecule has 2 aliphatic rings. The van der Waals surface area contributed by atoms with E-state index < -0.39 is 0 Å². The summed E-state index contributed by atoms with van der Waals surface area (Å²) in [5.41, 5.74) is 2.01. The number of likely N-dealkylation sites (tertiary alicyclic amines) is 1. The number of benzene rings is 1. The summed E-state index contributed by atoms with van der Waals surface area (Å²) in [6.45, 7) is 5.18. The fourth-order valence-corrected chi connectivity index (χ4v) is 4.35. The molecule has 1 aliphatic carbocycles. The van der Waals surface area contributed by atoms with Crippen LogP contribution in [0.5, 0.6) is 0 Å². The van der Waals surface area contributed by atoms with Crippen LogP contribution in [0.3, 0.4) is 0 Å². The van der Waals surface area contributed by atoms with E-state index in [1.807, 2.05) is 31.2 Å². The molecule has 0 radical (unpaired) electrons. The summed E-state index contributed by atoms with van der Waals surface area (Å²) >= 11 is 12.7. The summed E-state index contributed by atoms with van der Waals surface area (Å²) in [6.07, 6.45) is 3.81. The van der Waals surface area contributed by atoms with Crippen molar-refractivity contribution in [3.8, 4) is 0 Å². The highest BCUT2D eigenvalue weighted by Gasteiger charge is 2.34. The smallest absolute Gasteiger partial charge is 0.256 e. The van der Waals surface area contributed by atoms with Crippen molar-refractivity contribution in [2.45, 2.75) is 38.8 Å². The number of nitrogens with zero attached hydrogens (tertiary/aromatic N) is 3. The van der Waals surface area contributed by atoms with Crippen LogP contribution < -0.4 is 5.32 Å². The van der Waals surface area contributed by atoms with Crippen LogP contribution in [0.15, 0.2) is 24.3 Å². The Morgan fingerprint density at radius 3 is 2.78 bits per heavy atom. The number of aromatic nitrogens is 2. The number of amides is 1. The van der Waals surface area contributed by atoms with E-state index in [1.165, 1.54) is 12.8 Å². The molecule has 7 heteroatoms. The van der Waals surface area contributed by atoms with Crippen LogP contribution in [0, 0.1) is 12.8 Å². The minimum Gasteiger partial charge on any atom is -0.352 e. The highest BCUT2D eigenvalue weighted by atomic mass is 35.5. The lowest BCUT2D eigenvalue weighted by molar-refractivity contribution is 0.0947. The van der Waals surface area contributed by atoms with E-state index in [0.29, 0.717) is 40.4 Å². The van der Waals surface area contributed by atoms with Gasteiger partial charge in [0.15, 0.2) is 0 Å². The van der Waals surface area contributed by atoms with Gasteiger partial charge >= 0.3 is 0 Å². The van der Waals surface area contributed by atoms with Gasteiger partial charge in [-0.2, -0.15) is 5.10 Å². The molecule has 1 atom stereocenters. The quantitative estimate of drug-likeness (QED) is 0.794. The van der Waals surface area contributed by atoms with Crippen LogP contribution in [0.4, 0.5) is 0 Å². The number of hydrogen-bond donors (Lipinski definition) is 1. The second-order valence-corrected chi connectivity index (χ2v) is 8.36. The molecular formula is C20H24Cl2N4O. The van der Waals surface area contributed by atoms with Crippen LogP contribution in [0.2, 0.25) is 10.2 Å². The topological polar surface area (TPSA) is 50.2 Å². The normalized spacial score (nSPS) is 20.2. The van der Waals surface area contributed by atoms with E-state index in [0.717, 1.165) is 31.1 Å². The first-order chi connectivity index (χ1) is 13.0. The molecule has 144 valence electrons. The lowest BCUT2D eigenvalue weighted by atomic mass is 10.1. The third kappa shape index (κ3) is 4.15. The summed E-state index contributed by atoms with van der Waals surface area (Å²) in [6, 6.07) is 8.37. The average molecular weight is 407 g/mol. The van der Waals surface area contributed by atoms with Crippen molar-refractivity contribution in [2.24, 2.45) is 5.92 Å². The SMILES string of the molecule is Cc1nn(Cc2ccccc2Cl)c(Cl)c1C(=O)NCC1CCN(C2CC2)C1. The Hall–Kier alpha value is -1.56. The second kappa shape index (κ2) is 7.82. The Balaban J connectivity index is 1.40. The highest BCUT2D eigenvalue weighted by molar-refractivity contribution is 6.33. The van der Waals surface area contributed by atoms with E-state index in [-0.39, 0.29) is 5.91 Å². The van der Waals surface area contributed by atoms with Crippen LogP contribution in [-0.4, -0.2) is 46.3 Å². The molecule has 1 amide bonds. The molecule has 2 fully saturated rings. The van der Waals surface area contributed by atoms with Gasteiger partial charge in [-0.3, -0.25) is 4.79 Å². The minimum absolute atomic E-state index is 0.146. The molecule has 4 rings (SSSR count). The fraction of sp³-hybridized carbons (Fsp3) is 0.500. The van der Waals surface area contributed by atoms with Gasteiger partial charge in [-0.05, 0) is 50.3 Å². The van der Waals surface area contributed by atoms with Gasteiger partial charge in [-0.15, -0.1) is 0 Å². The Labute approximate surface area is 169 Å². The predicted octanol–water partition coefficient (Wildman–Crippen LogP) is 3.76. The third-order valence-corrected chi connectivity index (χ3v) is 6.26. The summed E-state index contributed by atoms with van der Waals surface area (Å²) in [5.74, 6) is 0.375. The number of nitrogens with one attached hydrogen (secondary N) is 1. The third-order valence-electron chi connectivity index (χ3n) is 5.50. The Kier molecular flexibility index (Phi) is 5.44. The number of carbonyl (C=O) groups excluding carboxylic acids is 1. The maximum Gasteiger partial charge on any atom is 0.256 e. The van der Waals surface area contributed by atoms with Crippen LogP contribution in [0.1, 0.15) is 40.9 Å². The molecule has 1 aromatic heterocycles. The molecule has 5 nitrogen and oxygen atoms in total. The monoisotopic (exact) mass is 406 g/mol. The van der Waals surface area contributed by atoms with Crippen LogP contribution in [-0.2, 0) is 6.54 Å². The maximum atomic E-state index is 12.7. The molecule has 1 N–H and O–H groups in total. The van der Waals surface area contributed by atoms with Crippen molar-refractivity contribution in [1.29, 1.82) is 0 Å². The van der Waals surface area contributed by atoms with E-state index in [2.05, 4.69) is 15.3 Å². The first kappa shape index (κ1) is 18.8. The highest BCUT2D eigenvalue weighted by Crippen LogP contribution is 2.31. The van der Waals surface area contributed by atoms with Crippen molar-refractivity contribution in [3.05, 3.63) is 51.3 Å². The number of carbonyl (C=O) groups is 1. The minimum atomic E-state index is -0.146. The molecule has 27 heavy (non-hydrogen) atoms. The van der Waals surface area contributed by atoms with Gasteiger partial charge in [-0.1, -0.05) is 41.4 Å².